The summed E-state index contributed by atoms with van der Waals surface area (Å²) in [6, 6.07) is 4.70. The van der Waals surface area contributed by atoms with E-state index in [-0.39, 0.29) is 11.4 Å². The SMILES string of the molecule is O=S(=O)(NCc1ccns1)c1ccc(Cl)c2nsnc12. The van der Waals surface area contributed by atoms with E-state index < -0.39 is 10.0 Å². The van der Waals surface area contributed by atoms with Crippen LogP contribution in [0.5, 0.6) is 0 Å². The number of fused-ring (bicyclic) bond motifs is 1. The first-order valence-corrected chi connectivity index (χ1v) is 8.74. The third-order valence-corrected chi connectivity index (χ3v) is 5.55. The van der Waals surface area contributed by atoms with Crippen molar-refractivity contribution in [3.05, 3.63) is 34.3 Å². The predicted octanol–water partition coefficient (Wildman–Crippen LogP) is 2.28. The minimum absolute atomic E-state index is 0.0789. The fourth-order valence-corrected chi connectivity index (χ4v) is 4.24. The van der Waals surface area contributed by atoms with Crippen LogP contribution in [0.3, 0.4) is 0 Å². The Hall–Kier alpha value is -1.13. The smallest absolute Gasteiger partial charge is 0.207 e. The van der Waals surface area contributed by atoms with Gasteiger partial charge in [0.15, 0.2) is 0 Å². The molecular weight excluding hydrogens is 340 g/mol. The van der Waals surface area contributed by atoms with E-state index in [1.165, 1.54) is 23.7 Å². The molecule has 0 atom stereocenters. The first-order chi connectivity index (χ1) is 9.58. The number of halogens is 1. The molecule has 0 spiro atoms. The monoisotopic (exact) mass is 346 g/mol. The predicted molar refractivity (Wildman–Crippen MR) is 78.6 cm³/mol. The molecule has 0 aliphatic rings. The summed E-state index contributed by atoms with van der Waals surface area (Å²) >= 11 is 8.13. The number of aromatic nitrogens is 3. The molecule has 0 saturated carbocycles. The fourth-order valence-electron chi connectivity index (χ4n) is 1.61. The summed E-state index contributed by atoms with van der Waals surface area (Å²) in [6.07, 6.45) is 1.62. The number of rotatable bonds is 4. The Morgan fingerprint density at radius 2 is 2.00 bits per heavy atom. The molecule has 0 bridgehead atoms. The average Bonchev–Trinajstić information content (AvgIpc) is 3.08. The van der Waals surface area contributed by atoms with Crippen LogP contribution < -0.4 is 4.72 Å². The van der Waals surface area contributed by atoms with E-state index in [0.717, 1.165) is 16.6 Å². The highest BCUT2D eigenvalue weighted by Crippen LogP contribution is 2.27. The number of hydrogen-bond donors (Lipinski definition) is 1. The molecule has 3 rings (SSSR count). The quantitative estimate of drug-likeness (QED) is 0.783. The topological polar surface area (TPSA) is 84.8 Å². The molecule has 2 heterocycles. The second-order valence-electron chi connectivity index (χ2n) is 3.81. The second-order valence-corrected chi connectivity index (χ2v) is 7.40. The van der Waals surface area contributed by atoms with Crippen molar-refractivity contribution in [3.8, 4) is 0 Å². The Labute approximate surface area is 128 Å². The molecule has 0 fully saturated rings. The van der Waals surface area contributed by atoms with Crippen LogP contribution in [0, 0.1) is 0 Å². The molecular formula is C10H7ClN4O2S3. The van der Waals surface area contributed by atoms with Crippen molar-refractivity contribution in [1.29, 1.82) is 0 Å². The number of benzene rings is 1. The Morgan fingerprint density at radius 1 is 1.20 bits per heavy atom. The highest BCUT2D eigenvalue weighted by atomic mass is 35.5. The summed E-state index contributed by atoms with van der Waals surface area (Å²) < 4.78 is 39.1. The van der Waals surface area contributed by atoms with Gasteiger partial charge in [0.2, 0.25) is 10.0 Å². The number of nitrogens with zero attached hydrogens (tertiary/aromatic N) is 3. The van der Waals surface area contributed by atoms with Crippen LogP contribution in [0.25, 0.3) is 11.0 Å². The van der Waals surface area contributed by atoms with Crippen LogP contribution in [-0.2, 0) is 16.6 Å². The van der Waals surface area contributed by atoms with Gasteiger partial charge in [0.25, 0.3) is 0 Å². The summed E-state index contributed by atoms with van der Waals surface area (Å²) in [7, 11) is -3.68. The van der Waals surface area contributed by atoms with Gasteiger partial charge < -0.3 is 0 Å². The maximum absolute atomic E-state index is 12.3. The lowest BCUT2D eigenvalue weighted by Crippen LogP contribution is -2.23. The maximum atomic E-state index is 12.3. The molecule has 0 amide bonds. The molecule has 10 heteroatoms. The highest BCUT2D eigenvalue weighted by Gasteiger charge is 2.21. The Kier molecular flexibility index (Phi) is 3.69. The molecule has 20 heavy (non-hydrogen) atoms. The molecule has 104 valence electrons. The third-order valence-electron chi connectivity index (χ3n) is 2.55. The molecule has 0 saturated heterocycles. The van der Waals surface area contributed by atoms with Gasteiger partial charge in [-0.25, -0.2) is 17.5 Å². The van der Waals surface area contributed by atoms with Gasteiger partial charge >= 0.3 is 0 Å². The van der Waals surface area contributed by atoms with Crippen molar-refractivity contribution >= 4 is 55.9 Å². The first-order valence-electron chi connectivity index (χ1n) is 5.38. The zero-order valence-electron chi connectivity index (χ0n) is 9.78. The summed E-state index contributed by atoms with van der Waals surface area (Å²) in [5.74, 6) is 0. The lowest BCUT2D eigenvalue weighted by Gasteiger charge is -2.06. The maximum Gasteiger partial charge on any atom is 0.243 e. The fraction of sp³-hybridized carbons (Fsp3) is 0.100. The molecule has 6 nitrogen and oxygen atoms in total. The largest absolute Gasteiger partial charge is 0.243 e. The number of hydrogen-bond acceptors (Lipinski definition) is 7. The van der Waals surface area contributed by atoms with Crippen molar-refractivity contribution in [2.75, 3.05) is 0 Å². The molecule has 2 aromatic heterocycles. The molecule has 0 aliphatic heterocycles. The first kappa shape index (κ1) is 13.8. The van der Waals surface area contributed by atoms with Gasteiger partial charge in [-0.2, -0.15) is 8.75 Å². The van der Waals surface area contributed by atoms with Crippen molar-refractivity contribution in [2.45, 2.75) is 11.4 Å². The van der Waals surface area contributed by atoms with Crippen LogP contribution in [-0.4, -0.2) is 21.5 Å². The summed E-state index contributed by atoms with van der Waals surface area (Å²) in [6.45, 7) is 0.189. The average molecular weight is 347 g/mol. The van der Waals surface area contributed by atoms with Crippen molar-refractivity contribution in [2.24, 2.45) is 0 Å². The Bertz CT molecular complexity index is 845. The number of nitrogens with one attached hydrogen (secondary N) is 1. The van der Waals surface area contributed by atoms with Gasteiger partial charge in [-0.3, -0.25) is 0 Å². The molecule has 0 unspecified atom stereocenters. The van der Waals surface area contributed by atoms with E-state index in [0.29, 0.717) is 16.1 Å². The zero-order chi connectivity index (χ0) is 14.2. The summed E-state index contributed by atoms with van der Waals surface area (Å²) in [4.78, 5) is 0.908. The van der Waals surface area contributed by atoms with Crippen LogP contribution >= 0.6 is 34.9 Å². The highest BCUT2D eigenvalue weighted by molar-refractivity contribution is 7.89. The van der Waals surface area contributed by atoms with E-state index in [2.05, 4.69) is 17.8 Å². The lowest BCUT2D eigenvalue weighted by molar-refractivity contribution is 0.582. The molecule has 3 aromatic rings. The van der Waals surface area contributed by atoms with E-state index in [9.17, 15) is 8.42 Å². The van der Waals surface area contributed by atoms with Gasteiger partial charge in [-0.05, 0) is 29.7 Å². The van der Waals surface area contributed by atoms with E-state index in [1.54, 1.807) is 12.3 Å². The van der Waals surface area contributed by atoms with Crippen LogP contribution in [0.4, 0.5) is 0 Å². The summed E-state index contributed by atoms with van der Waals surface area (Å²) in [5.41, 5.74) is 0.691. The van der Waals surface area contributed by atoms with Crippen LogP contribution in [0.15, 0.2) is 29.3 Å². The summed E-state index contributed by atoms with van der Waals surface area (Å²) in [5, 5.41) is 0.384. The Morgan fingerprint density at radius 3 is 2.75 bits per heavy atom. The standard InChI is InChI=1S/C10H7ClN4O2S3/c11-7-1-2-8(10-9(7)14-19-15-10)20(16,17)13-5-6-3-4-12-18-6/h1-4,13H,5H2. The van der Waals surface area contributed by atoms with E-state index in [4.69, 9.17) is 11.6 Å². The van der Waals surface area contributed by atoms with Crippen LogP contribution in [0.2, 0.25) is 5.02 Å². The number of sulfonamides is 1. The molecule has 1 N–H and O–H groups in total. The van der Waals surface area contributed by atoms with E-state index >= 15 is 0 Å². The van der Waals surface area contributed by atoms with Crippen LogP contribution in [0.1, 0.15) is 4.88 Å². The van der Waals surface area contributed by atoms with Gasteiger partial charge in [0.1, 0.15) is 15.9 Å². The molecule has 0 radical (unpaired) electrons. The Balaban J connectivity index is 1.97. The second kappa shape index (κ2) is 5.34. The minimum atomic E-state index is -3.68. The van der Waals surface area contributed by atoms with Gasteiger partial charge in [0, 0.05) is 17.6 Å². The molecule has 0 aliphatic carbocycles. The third kappa shape index (κ3) is 2.54. The zero-order valence-corrected chi connectivity index (χ0v) is 13.0. The van der Waals surface area contributed by atoms with Gasteiger partial charge in [-0.15, -0.1) is 0 Å². The normalized spacial score (nSPS) is 12.1. The molecule has 1 aromatic carbocycles. The van der Waals surface area contributed by atoms with Crippen molar-refractivity contribution < 1.29 is 8.42 Å². The van der Waals surface area contributed by atoms with Crippen molar-refractivity contribution in [1.82, 2.24) is 17.8 Å². The van der Waals surface area contributed by atoms with Gasteiger partial charge in [0.05, 0.1) is 16.8 Å². The van der Waals surface area contributed by atoms with Crippen molar-refractivity contribution in [3.63, 3.8) is 0 Å². The van der Waals surface area contributed by atoms with Gasteiger partial charge in [-0.1, -0.05) is 11.6 Å². The lowest BCUT2D eigenvalue weighted by atomic mass is 10.3. The van der Waals surface area contributed by atoms with E-state index in [1.807, 2.05) is 0 Å². The minimum Gasteiger partial charge on any atom is -0.207 e.